The van der Waals surface area contributed by atoms with Crippen molar-refractivity contribution < 1.29 is 8.42 Å². The van der Waals surface area contributed by atoms with Crippen LogP contribution >= 0.6 is 21.4 Å². The third-order valence-corrected chi connectivity index (χ3v) is 0.406. The molecule has 1 aromatic rings. The monoisotopic (exact) mass is 202 g/mol. The van der Waals surface area contributed by atoms with Crippen molar-refractivity contribution in [1.82, 2.24) is 10.2 Å². The third-order valence-electron chi connectivity index (χ3n) is 0.406. The summed E-state index contributed by atoms with van der Waals surface area (Å²) in [5.74, 6) is 0. The van der Waals surface area contributed by atoms with Crippen molar-refractivity contribution in [1.29, 1.82) is 0 Å². The predicted octanol–water partition coefficient (Wildman–Crippen LogP) is 1.12. The minimum Gasteiger partial charge on any atom is -0.286 e. The van der Waals surface area contributed by atoms with E-state index < -0.39 is 8.26 Å². The zero-order valence-corrected chi connectivity index (χ0v) is 6.99. The van der Waals surface area contributed by atoms with Gasteiger partial charge in [-0.25, -0.2) is 0 Å². The normalized spacial score (nSPS) is 9.80. The van der Waals surface area contributed by atoms with Crippen LogP contribution < -0.4 is 0 Å². The summed E-state index contributed by atoms with van der Waals surface area (Å²) in [6, 6.07) is 1.83. The summed E-state index contributed by atoms with van der Waals surface area (Å²) in [6.45, 7) is 0. The lowest BCUT2D eigenvalue weighted by Crippen LogP contribution is -1.63. The van der Waals surface area contributed by atoms with E-state index in [0.717, 1.165) is 0 Å². The average molecular weight is 203 g/mol. The second-order valence-electron chi connectivity index (χ2n) is 1.14. The van der Waals surface area contributed by atoms with E-state index >= 15 is 0 Å². The predicted molar refractivity (Wildman–Crippen MR) is 39.2 cm³/mol. The zero-order valence-electron chi connectivity index (χ0n) is 4.66. The van der Waals surface area contributed by atoms with Gasteiger partial charge in [-0.15, -0.1) is 0 Å². The topological polar surface area (TPSA) is 62.8 Å². The van der Waals surface area contributed by atoms with E-state index in [2.05, 4.69) is 31.6 Å². The van der Waals surface area contributed by atoms with Crippen LogP contribution in [0.2, 0.25) is 0 Å². The second kappa shape index (κ2) is 4.54. The average Bonchev–Trinajstić information content (AvgIpc) is 2.07. The van der Waals surface area contributed by atoms with Gasteiger partial charge < -0.3 is 0 Å². The summed E-state index contributed by atoms with van der Waals surface area (Å²) in [7, 11) is 4.81. The zero-order chi connectivity index (χ0) is 8.04. The summed E-state index contributed by atoms with van der Waals surface area (Å²) >= 11 is 0. The molecule has 0 radical (unpaired) electrons. The van der Waals surface area contributed by atoms with E-state index in [1.165, 1.54) is 0 Å². The van der Waals surface area contributed by atoms with Gasteiger partial charge in [-0.1, -0.05) is 0 Å². The lowest BCUT2D eigenvalue weighted by Gasteiger charge is -1.61. The lowest BCUT2D eigenvalue weighted by molar-refractivity contribution is 0.621. The van der Waals surface area contributed by atoms with Crippen molar-refractivity contribution in [2.24, 2.45) is 0 Å². The van der Waals surface area contributed by atoms with Crippen molar-refractivity contribution in [3.8, 4) is 0 Å². The molecule has 0 aromatic carbocycles. The SMILES string of the molecule is O=S(=O)(Cl)Cl.c1cn[nH]c1. The number of rotatable bonds is 0. The molecule has 0 spiro atoms. The Morgan fingerprint density at radius 1 is 1.40 bits per heavy atom. The van der Waals surface area contributed by atoms with Gasteiger partial charge in [0.1, 0.15) is 0 Å². The molecule has 10 heavy (non-hydrogen) atoms. The Morgan fingerprint density at radius 3 is 2.00 bits per heavy atom. The Hall–Kier alpha value is -0.260. The third kappa shape index (κ3) is 15.6. The Bertz CT molecular complexity index is 218. The summed E-state index contributed by atoms with van der Waals surface area (Å²) in [5.41, 5.74) is 0. The molecule has 0 bridgehead atoms. The number of aromatic nitrogens is 2. The first kappa shape index (κ1) is 9.74. The maximum absolute atomic E-state index is 9.16. The molecule has 0 amide bonds. The number of hydrogen-bond acceptors (Lipinski definition) is 3. The fraction of sp³-hybridized carbons (Fsp3) is 0. The number of H-pyrrole nitrogens is 1. The molecular formula is C3H4Cl2N2O2S. The second-order valence-corrected chi connectivity index (χ2v) is 4.81. The van der Waals surface area contributed by atoms with Crippen molar-refractivity contribution in [3.05, 3.63) is 18.5 Å². The molecule has 1 heterocycles. The molecule has 0 aliphatic heterocycles. The van der Waals surface area contributed by atoms with Crippen LogP contribution in [-0.4, -0.2) is 18.6 Å². The Labute approximate surface area is 67.1 Å². The first-order valence-corrected chi connectivity index (χ1v) is 5.21. The van der Waals surface area contributed by atoms with Gasteiger partial charge in [0, 0.05) is 33.8 Å². The first-order chi connectivity index (χ1) is 4.50. The van der Waals surface area contributed by atoms with Crippen molar-refractivity contribution in [2.75, 3.05) is 0 Å². The van der Waals surface area contributed by atoms with Crippen LogP contribution in [0.25, 0.3) is 0 Å². The number of halogens is 2. The molecule has 0 saturated carbocycles. The van der Waals surface area contributed by atoms with Crippen LogP contribution in [0.5, 0.6) is 0 Å². The fourth-order valence-electron chi connectivity index (χ4n) is 0.215. The molecule has 1 aromatic heterocycles. The molecule has 1 rings (SSSR count). The van der Waals surface area contributed by atoms with E-state index in [4.69, 9.17) is 8.42 Å². The molecule has 1 N–H and O–H groups in total. The van der Waals surface area contributed by atoms with Gasteiger partial charge in [0.05, 0.1) is 0 Å². The molecule has 0 aliphatic rings. The minimum atomic E-state index is -3.72. The molecule has 7 heteroatoms. The maximum Gasteiger partial charge on any atom is 0.317 e. The van der Waals surface area contributed by atoms with Crippen LogP contribution in [0.1, 0.15) is 0 Å². The van der Waals surface area contributed by atoms with E-state index in [9.17, 15) is 0 Å². The minimum absolute atomic E-state index is 1.69. The Morgan fingerprint density at radius 2 is 1.90 bits per heavy atom. The van der Waals surface area contributed by atoms with Crippen LogP contribution in [0.4, 0.5) is 0 Å². The van der Waals surface area contributed by atoms with Crippen LogP contribution in [0.15, 0.2) is 18.5 Å². The fourth-order valence-corrected chi connectivity index (χ4v) is 0.215. The van der Waals surface area contributed by atoms with Crippen LogP contribution in [0, 0.1) is 0 Å². The molecule has 0 saturated heterocycles. The molecule has 4 nitrogen and oxygen atoms in total. The van der Waals surface area contributed by atoms with Gasteiger partial charge in [0.25, 0.3) is 0 Å². The van der Waals surface area contributed by atoms with Gasteiger partial charge in [0.2, 0.25) is 0 Å². The summed E-state index contributed by atoms with van der Waals surface area (Å²) < 4.78 is 18.3. The number of nitrogens with one attached hydrogen (secondary N) is 1. The van der Waals surface area contributed by atoms with E-state index in [-0.39, 0.29) is 0 Å². The van der Waals surface area contributed by atoms with Gasteiger partial charge in [0.15, 0.2) is 0 Å². The van der Waals surface area contributed by atoms with Crippen molar-refractivity contribution in [2.45, 2.75) is 0 Å². The molecule has 0 atom stereocenters. The molecule has 0 unspecified atom stereocenters. The highest BCUT2D eigenvalue weighted by atomic mass is 36.0. The molecule has 0 fully saturated rings. The van der Waals surface area contributed by atoms with Crippen LogP contribution in [-0.2, 0) is 8.26 Å². The highest BCUT2D eigenvalue weighted by Gasteiger charge is 1.88. The van der Waals surface area contributed by atoms with Gasteiger partial charge >= 0.3 is 8.26 Å². The number of aromatic amines is 1. The highest BCUT2D eigenvalue weighted by Crippen LogP contribution is 1.98. The van der Waals surface area contributed by atoms with E-state index in [1.807, 2.05) is 6.07 Å². The van der Waals surface area contributed by atoms with E-state index in [0.29, 0.717) is 0 Å². The Balaban J connectivity index is 0.000000162. The van der Waals surface area contributed by atoms with E-state index in [1.54, 1.807) is 12.4 Å². The standard InChI is InChI=1S/C3H4N2.Cl2O2S/c1-2-4-5-3-1;1-5(2,3)4/h1-3H,(H,4,5);. The summed E-state index contributed by atoms with van der Waals surface area (Å²) in [5, 5.41) is 6.21. The lowest BCUT2D eigenvalue weighted by atomic mass is 10.8. The highest BCUT2D eigenvalue weighted by molar-refractivity contribution is 8.31. The van der Waals surface area contributed by atoms with Crippen LogP contribution in [0.3, 0.4) is 0 Å². The van der Waals surface area contributed by atoms with Crippen molar-refractivity contribution in [3.63, 3.8) is 0 Å². The molecular weight excluding hydrogens is 199 g/mol. The molecule has 0 aliphatic carbocycles. The first-order valence-electron chi connectivity index (χ1n) is 2.08. The number of hydrogen-bond donors (Lipinski definition) is 1. The maximum atomic E-state index is 9.16. The largest absolute Gasteiger partial charge is 0.317 e. The Kier molecular flexibility index (Phi) is 4.42. The smallest absolute Gasteiger partial charge is 0.286 e. The number of nitrogens with zero attached hydrogens (tertiary/aromatic N) is 1. The quantitative estimate of drug-likeness (QED) is 0.642. The van der Waals surface area contributed by atoms with Gasteiger partial charge in [-0.05, 0) is 6.07 Å². The molecule has 58 valence electrons. The summed E-state index contributed by atoms with van der Waals surface area (Å²) in [4.78, 5) is 0. The van der Waals surface area contributed by atoms with Crippen molar-refractivity contribution >= 4 is 29.6 Å². The van der Waals surface area contributed by atoms with Gasteiger partial charge in [-0.3, -0.25) is 5.10 Å². The summed E-state index contributed by atoms with van der Waals surface area (Å²) in [6.07, 6.45) is 3.46. The van der Waals surface area contributed by atoms with Gasteiger partial charge in [-0.2, -0.15) is 13.5 Å².